The molecule has 31 heavy (non-hydrogen) atoms. The number of carbonyl (C=O) groups excluding carboxylic acids is 1. The van der Waals surface area contributed by atoms with Gasteiger partial charge in [0.2, 0.25) is 5.01 Å². The van der Waals surface area contributed by atoms with E-state index in [1.165, 1.54) is 23.1 Å². The molecule has 4 heterocycles. The van der Waals surface area contributed by atoms with Crippen molar-refractivity contribution in [3.8, 4) is 6.07 Å². The van der Waals surface area contributed by atoms with Crippen LogP contribution in [0, 0.1) is 17.2 Å². The maximum Gasteiger partial charge on any atom is 0.258 e. The van der Waals surface area contributed by atoms with Crippen LogP contribution < -0.4 is 4.90 Å². The number of hydrogen-bond donors (Lipinski definition) is 0. The Bertz CT molecular complexity index is 1100. The summed E-state index contributed by atoms with van der Waals surface area (Å²) in [6, 6.07) is 19.9. The summed E-state index contributed by atoms with van der Waals surface area (Å²) < 4.78 is 0.716. The summed E-state index contributed by atoms with van der Waals surface area (Å²) in [5, 5.41) is 17.1. The SMILES string of the molecule is N#Cc1nnc(Sc2ccc(C(=O)N(c3ccccc3)[C@H]3CN4CCC3CC4)cc2)s1. The van der Waals surface area contributed by atoms with Crippen LogP contribution in [0.1, 0.15) is 28.2 Å². The molecule has 3 aliphatic heterocycles. The highest BCUT2D eigenvalue weighted by atomic mass is 32.2. The molecule has 1 amide bonds. The molecule has 3 saturated heterocycles. The minimum Gasteiger partial charge on any atom is -0.304 e. The van der Waals surface area contributed by atoms with Gasteiger partial charge in [0, 0.05) is 22.7 Å². The van der Waals surface area contributed by atoms with Gasteiger partial charge in [-0.2, -0.15) is 5.26 Å². The number of amides is 1. The molecule has 3 aliphatic rings. The molecule has 1 aromatic heterocycles. The van der Waals surface area contributed by atoms with Crippen LogP contribution in [0.4, 0.5) is 5.69 Å². The molecular formula is C23H21N5OS2. The predicted molar refractivity (Wildman–Crippen MR) is 121 cm³/mol. The van der Waals surface area contributed by atoms with Crippen molar-refractivity contribution in [3.05, 3.63) is 65.2 Å². The van der Waals surface area contributed by atoms with Crippen molar-refractivity contribution in [3.63, 3.8) is 0 Å². The van der Waals surface area contributed by atoms with Crippen molar-refractivity contribution in [2.75, 3.05) is 24.5 Å². The second-order valence-electron chi connectivity index (χ2n) is 7.83. The summed E-state index contributed by atoms with van der Waals surface area (Å²) in [6.07, 6.45) is 2.31. The van der Waals surface area contributed by atoms with E-state index in [1.807, 2.05) is 65.6 Å². The maximum atomic E-state index is 13.7. The van der Waals surface area contributed by atoms with Gasteiger partial charge in [0.05, 0.1) is 6.04 Å². The Labute approximate surface area is 189 Å². The molecular weight excluding hydrogens is 426 g/mol. The van der Waals surface area contributed by atoms with E-state index in [0.29, 0.717) is 20.8 Å². The van der Waals surface area contributed by atoms with E-state index in [-0.39, 0.29) is 11.9 Å². The first kappa shape index (κ1) is 20.2. The Hall–Kier alpha value is -2.73. The van der Waals surface area contributed by atoms with E-state index in [1.54, 1.807) is 0 Å². The standard InChI is InChI=1S/C23H21N5OS2/c24-14-21-25-26-23(31-21)30-19-8-6-17(7-9-19)22(29)28(18-4-2-1-3-5-18)20-15-27-12-10-16(20)11-13-27/h1-9,16,20H,10-13,15H2/t20-/m0/s1. The molecule has 0 saturated carbocycles. The second-order valence-corrected chi connectivity index (χ2v) is 10.1. The first-order chi connectivity index (χ1) is 15.2. The van der Waals surface area contributed by atoms with E-state index >= 15 is 0 Å². The average molecular weight is 448 g/mol. The third-order valence-electron chi connectivity index (χ3n) is 6.01. The van der Waals surface area contributed by atoms with Gasteiger partial charge >= 0.3 is 0 Å². The quantitative estimate of drug-likeness (QED) is 0.581. The molecule has 0 radical (unpaired) electrons. The topological polar surface area (TPSA) is 73.1 Å². The molecule has 0 unspecified atom stereocenters. The number of nitrogens with zero attached hydrogens (tertiary/aromatic N) is 5. The molecule has 3 fully saturated rings. The zero-order valence-electron chi connectivity index (χ0n) is 16.8. The fourth-order valence-electron chi connectivity index (χ4n) is 4.48. The third kappa shape index (κ3) is 4.22. The summed E-state index contributed by atoms with van der Waals surface area (Å²) in [4.78, 5) is 19.1. The number of rotatable bonds is 5. The lowest BCUT2D eigenvalue weighted by molar-refractivity contribution is 0.0734. The molecule has 8 heteroatoms. The largest absolute Gasteiger partial charge is 0.304 e. The van der Waals surface area contributed by atoms with Crippen LogP contribution in [0.5, 0.6) is 0 Å². The number of nitriles is 1. The van der Waals surface area contributed by atoms with Gasteiger partial charge in [0.15, 0.2) is 4.34 Å². The van der Waals surface area contributed by atoms with Gasteiger partial charge in [-0.05, 0) is 68.2 Å². The normalized spacial score (nSPS) is 22.1. The lowest BCUT2D eigenvalue weighted by Crippen LogP contribution is -2.59. The van der Waals surface area contributed by atoms with E-state index in [0.717, 1.165) is 43.1 Å². The minimum absolute atomic E-state index is 0.0455. The van der Waals surface area contributed by atoms with Gasteiger partial charge in [0.1, 0.15) is 6.07 Å². The van der Waals surface area contributed by atoms with Gasteiger partial charge in [-0.3, -0.25) is 4.79 Å². The molecule has 156 valence electrons. The predicted octanol–water partition coefficient (Wildman–Crippen LogP) is 4.30. The Balaban J connectivity index is 1.39. The Morgan fingerprint density at radius 3 is 2.45 bits per heavy atom. The minimum atomic E-state index is 0.0455. The molecule has 0 aliphatic carbocycles. The first-order valence-electron chi connectivity index (χ1n) is 10.3. The number of aromatic nitrogens is 2. The molecule has 1 atom stereocenters. The highest BCUT2D eigenvalue weighted by Gasteiger charge is 2.40. The van der Waals surface area contributed by atoms with Gasteiger partial charge in [-0.1, -0.05) is 41.3 Å². The first-order valence-corrected chi connectivity index (χ1v) is 12.0. The van der Waals surface area contributed by atoms with Crippen molar-refractivity contribution in [2.24, 2.45) is 5.92 Å². The van der Waals surface area contributed by atoms with Crippen LogP contribution in [0.2, 0.25) is 0 Å². The van der Waals surface area contributed by atoms with Crippen LogP contribution >= 0.6 is 23.1 Å². The van der Waals surface area contributed by atoms with Crippen molar-refractivity contribution < 1.29 is 4.79 Å². The third-order valence-corrected chi connectivity index (χ3v) is 7.90. The smallest absolute Gasteiger partial charge is 0.258 e. The number of benzene rings is 2. The summed E-state index contributed by atoms with van der Waals surface area (Å²) >= 11 is 2.71. The number of hydrogen-bond acceptors (Lipinski definition) is 7. The summed E-state index contributed by atoms with van der Waals surface area (Å²) in [5.74, 6) is 0.597. The van der Waals surface area contributed by atoms with Crippen molar-refractivity contribution >= 4 is 34.7 Å². The molecule has 2 aromatic carbocycles. The van der Waals surface area contributed by atoms with Crippen molar-refractivity contribution in [2.45, 2.75) is 28.1 Å². The van der Waals surface area contributed by atoms with E-state index < -0.39 is 0 Å². The molecule has 0 N–H and O–H groups in total. The van der Waals surface area contributed by atoms with E-state index in [4.69, 9.17) is 5.26 Å². The number of carbonyl (C=O) groups is 1. The van der Waals surface area contributed by atoms with Gasteiger partial charge in [-0.15, -0.1) is 10.2 Å². The van der Waals surface area contributed by atoms with Crippen molar-refractivity contribution in [1.82, 2.24) is 15.1 Å². The zero-order chi connectivity index (χ0) is 21.2. The molecule has 0 spiro atoms. The van der Waals surface area contributed by atoms with Gasteiger partial charge in [-0.25, -0.2) is 0 Å². The van der Waals surface area contributed by atoms with E-state index in [9.17, 15) is 4.79 Å². The number of anilines is 1. The maximum absolute atomic E-state index is 13.7. The monoisotopic (exact) mass is 447 g/mol. The molecule has 6 nitrogen and oxygen atoms in total. The molecule has 3 aromatic rings. The fraction of sp³-hybridized carbons (Fsp3) is 0.304. The molecule has 6 rings (SSSR count). The van der Waals surface area contributed by atoms with Crippen LogP contribution in [-0.2, 0) is 0 Å². The highest BCUT2D eigenvalue weighted by Crippen LogP contribution is 2.35. The zero-order valence-corrected chi connectivity index (χ0v) is 18.5. The van der Waals surface area contributed by atoms with Gasteiger partial charge in [0.25, 0.3) is 5.91 Å². The number of piperidine rings is 3. The van der Waals surface area contributed by atoms with Crippen LogP contribution in [0.25, 0.3) is 0 Å². The Morgan fingerprint density at radius 2 is 1.84 bits per heavy atom. The van der Waals surface area contributed by atoms with Crippen molar-refractivity contribution in [1.29, 1.82) is 5.26 Å². The van der Waals surface area contributed by atoms with E-state index in [2.05, 4.69) is 15.1 Å². The van der Waals surface area contributed by atoms with Crippen LogP contribution in [-0.4, -0.2) is 46.7 Å². The summed E-state index contributed by atoms with van der Waals surface area (Å²) in [7, 11) is 0. The number of para-hydroxylation sites is 1. The average Bonchev–Trinajstić information content (AvgIpc) is 3.29. The highest BCUT2D eigenvalue weighted by molar-refractivity contribution is 8.01. The lowest BCUT2D eigenvalue weighted by atomic mass is 9.82. The Kier molecular flexibility index (Phi) is 5.72. The second kappa shape index (κ2) is 8.79. The van der Waals surface area contributed by atoms with Crippen LogP contribution in [0.3, 0.4) is 0 Å². The number of fused-ring (bicyclic) bond motifs is 3. The summed E-state index contributed by atoms with van der Waals surface area (Å²) in [6.45, 7) is 3.23. The molecule has 2 bridgehead atoms. The fourth-order valence-corrected chi connectivity index (χ4v) is 6.10. The summed E-state index contributed by atoms with van der Waals surface area (Å²) in [5.41, 5.74) is 1.64. The lowest BCUT2D eigenvalue weighted by Gasteiger charge is -2.49. The van der Waals surface area contributed by atoms with Gasteiger partial charge < -0.3 is 9.80 Å². The van der Waals surface area contributed by atoms with Crippen LogP contribution in [0.15, 0.2) is 63.8 Å². The Morgan fingerprint density at radius 1 is 1.10 bits per heavy atom.